The predicted octanol–water partition coefficient (Wildman–Crippen LogP) is 4.15. The number of carbonyl (C=O) groups excluding carboxylic acids is 1. The van der Waals surface area contributed by atoms with E-state index in [1.807, 2.05) is 54.6 Å². The summed E-state index contributed by atoms with van der Waals surface area (Å²) in [5, 5.41) is 10.3. The van der Waals surface area contributed by atoms with Crippen LogP contribution >= 0.6 is 0 Å². The van der Waals surface area contributed by atoms with Crippen LogP contribution in [0.3, 0.4) is 0 Å². The van der Waals surface area contributed by atoms with Crippen LogP contribution in [0.4, 0.5) is 0 Å². The maximum absolute atomic E-state index is 11.5. The first-order chi connectivity index (χ1) is 14.0. The molecule has 29 heavy (non-hydrogen) atoms. The Bertz CT molecular complexity index is 1220. The van der Waals surface area contributed by atoms with E-state index in [-0.39, 0.29) is 6.42 Å². The summed E-state index contributed by atoms with van der Waals surface area (Å²) in [5.74, 6) is -1.31. The fourth-order valence-corrected chi connectivity index (χ4v) is 3.68. The van der Waals surface area contributed by atoms with Crippen molar-refractivity contribution in [1.29, 1.82) is 0 Å². The summed E-state index contributed by atoms with van der Waals surface area (Å²) in [7, 11) is 0. The number of amides is 1. The lowest BCUT2D eigenvalue weighted by Gasteiger charge is -2.08. The highest BCUT2D eigenvalue weighted by Gasteiger charge is 2.15. The minimum atomic E-state index is -0.854. The highest BCUT2D eigenvalue weighted by atomic mass is 16.4. The summed E-state index contributed by atoms with van der Waals surface area (Å²) in [4.78, 5) is 26.2. The second-order valence-electron chi connectivity index (χ2n) is 7.02. The van der Waals surface area contributed by atoms with Gasteiger partial charge in [-0.3, -0.25) is 9.59 Å². The van der Waals surface area contributed by atoms with Crippen molar-refractivity contribution in [3.63, 3.8) is 0 Å². The van der Waals surface area contributed by atoms with Gasteiger partial charge in [0.1, 0.15) is 0 Å². The first-order valence-corrected chi connectivity index (χ1v) is 9.30. The quantitative estimate of drug-likeness (QED) is 0.466. The minimum absolute atomic E-state index is 0.0281. The number of benzene rings is 3. The van der Waals surface area contributed by atoms with Crippen LogP contribution in [0.2, 0.25) is 0 Å². The van der Waals surface area contributed by atoms with E-state index >= 15 is 0 Å². The van der Waals surface area contributed by atoms with Gasteiger partial charge < -0.3 is 15.8 Å². The largest absolute Gasteiger partial charge is 0.481 e. The van der Waals surface area contributed by atoms with E-state index in [4.69, 9.17) is 5.73 Å². The number of primary amides is 1. The number of carboxylic acids is 1. The number of hydrogen-bond donors (Lipinski definition) is 3. The number of carbonyl (C=O) groups is 2. The Morgan fingerprint density at radius 1 is 0.897 bits per heavy atom. The Morgan fingerprint density at radius 2 is 1.62 bits per heavy atom. The molecule has 5 nitrogen and oxygen atoms in total. The molecule has 4 aromatic rings. The average molecular weight is 384 g/mol. The Morgan fingerprint density at radius 3 is 2.38 bits per heavy atom. The molecular formula is C24H20N2O3. The number of carboxylic acid groups (broad SMARTS) is 1. The standard InChI is InChI=1S/C24H20N2O3/c25-24(29)18-8-4-7-17(13-18)16-6-3-5-15(11-16)12-22-20(14-23(27)28)19-9-1-2-10-21(19)26-22/h1-11,13,26H,12,14H2,(H2,25,29)(H,27,28). The Balaban J connectivity index is 1.71. The third kappa shape index (κ3) is 3.89. The van der Waals surface area contributed by atoms with Gasteiger partial charge in [-0.15, -0.1) is 0 Å². The molecule has 0 aliphatic rings. The molecule has 0 aliphatic heterocycles. The zero-order valence-electron chi connectivity index (χ0n) is 15.7. The molecule has 5 heteroatoms. The normalized spacial score (nSPS) is 10.9. The zero-order chi connectivity index (χ0) is 20.4. The van der Waals surface area contributed by atoms with Crippen LogP contribution < -0.4 is 5.73 Å². The predicted molar refractivity (Wildman–Crippen MR) is 113 cm³/mol. The van der Waals surface area contributed by atoms with Crippen molar-refractivity contribution in [3.05, 3.63) is 95.2 Å². The van der Waals surface area contributed by atoms with E-state index in [1.165, 1.54) is 0 Å². The van der Waals surface area contributed by atoms with Crippen LogP contribution in [0, 0.1) is 0 Å². The van der Waals surface area contributed by atoms with Gasteiger partial charge in [0.2, 0.25) is 5.91 Å². The van der Waals surface area contributed by atoms with Gasteiger partial charge in [0.25, 0.3) is 0 Å². The van der Waals surface area contributed by atoms with Gasteiger partial charge in [-0.25, -0.2) is 0 Å². The molecule has 0 atom stereocenters. The number of aliphatic carboxylic acids is 1. The van der Waals surface area contributed by atoms with E-state index < -0.39 is 11.9 Å². The summed E-state index contributed by atoms with van der Waals surface area (Å²) in [5.41, 5.74) is 11.4. The van der Waals surface area contributed by atoms with E-state index in [1.54, 1.807) is 12.1 Å². The second kappa shape index (κ2) is 7.64. The van der Waals surface area contributed by atoms with Crippen LogP contribution in [0.15, 0.2) is 72.8 Å². The van der Waals surface area contributed by atoms with Gasteiger partial charge in [0, 0.05) is 28.6 Å². The highest BCUT2D eigenvalue weighted by Crippen LogP contribution is 2.27. The third-order valence-electron chi connectivity index (χ3n) is 5.02. The maximum Gasteiger partial charge on any atom is 0.307 e. The van der Waals surface area contributed by atoms with Gasteiger partial charge in [-0.05, 0) is 40.5 Å². The third-order valence-corrected chi connectivity index (χ3v) is 5.02. The molecule has 0 radical (unpaired) electrons. The number of rotatable bonds is 6. The molecule has 0 unspecified atom stereocenters. The molecule has 4 N–H and O–H groups in total. The Kier molecular flexibility index (Phi) is 4.87. The zero-order valence-corrected chi connectivity index (χ0v) is 15.7. The number of aromatic amines is 1. The van der Waals surface area contributed by atoms with Crippen molar-refractivity contribution in [1.82, 2.24) is 4.98 Å². The van der Waals surface area contributed by atoms with Crippen LogP contribution in [-0.2, 0) is 17.6 Å². The van der Waals surface area contributed by atoms with E-state index in [2.05, 4.69) is 11.1 Å². The van der Waals surface area contributed by atoms with Gasteiger partial charge >= 0.3 is 5.97 Å². The smallest absolute Gasteiger partial charge is 0.307 e. The lowest BCUT2D eigenvalue weighted by molar-refractivity contribution is -0.136. The van der Waals surface area contributed by atoms with Gasteiger partial charge in [0.05, 0.1) is 6.42 Å². The SMILES string of the molecule is NC(=O)c1cccc(-c2cccc(Cc3[nH]c4ccccc4c3CC(=O)O)c2)c1. The summed E-state index contributed by atoms with van der Waals surface area (Å²) < 4.78 is 0. The molecule has 1 amide bonds. The van der Waals surface area contributed by atoms with Crippen LogP contribution in [0.25, 0.3) is 22.0 Å². The number of para-hydroxylation sites is 1. The lowest BCUT2D eigenvalue weighted by Crippen LogP contribution is -2.10. The Labute approximate surface area is 167 Å². The van der Waals surface area contributed by atoms with Gasteiger partial charge in [0.15, 0.2) is 0 Å². The monoisotopic (exact) mass is 384 g/mol. The molecule has 0 saturated carbocycles. The lowest BCUT2D eigenvalue weighted by atomic mass is 9.97. The van der Waals surface area contributed by atoms with Crippen molar-refractivity contribution in [2.75, 3.05) is 0 Å². The molecule has 3 aromatic carbocycles. The molecule has 0 fully saturated rings. The van der Waals surface area contributed by atoms with Crippen molar-refractivity contribution in [2.24, 2.45) is 5.73 Å². The number of fused-ring (bicyclic) bond motifs is 1. The van der Waals surface area contributed by atoms with Gasteiger partial charge in [-0.1, -0.05) is 54.6 Å². The number of nitrogens with one attached hydrogen (secondary N) is 1. The van der Waals surface area contributed by atoms with Crippen molar-refractivity contribution >= 4 is 22.8 Å². The number of aromatic nitrogens is 1. The van der Waals surface area contributed by atoms with Gasteiger partial charge in [-0.2, -0.15) is 0 Å². The van der Waals surface area contributed by atoms with Crippen molar-refractivity contribution < 1.29 is 14.7 Å². The molecule has 1 heterocycles. The average Bonchev–Trinajstić information content (AvgIpc) is 3.05. The fourth-order valence-electron chi connectivity index (χ4n) is 3.68. The fraction of sp³-hybridized carbons (Fsp3) is 0.0833. The summed E-state index contributed by atoms with van der Waals surface area (Å²) >= 11 is 0. The molecule has 0 saturated heterocycles. The topological polar surface area (TPSA) is 96.2 Å². The van der Waals surface area contributed by atoms with Crippen molar-refractivity contribution in [3.8, 4) is 11.1 Å². The number of nitrogens with two attached hydrogens (primary N) is 1. The highest BCUT2D eigenvalue weighted by molar-refractivity contribution is 5.94. The summed E-state index contributed by atoms with van der Waals surface area (Å²) in [6.07, 6.45) is 0.556. The first-order valence-electron chi connectivity index (χ1n) is 9.30. The van der Waals surface area contributed by atoms with E-state index in [9.17, 15) is 14.7 Å². The van der Waals surface area contributed by atoms with Crippen molar-refractivity contribution in [2.45, 2.75) is 12.8 Å². The molecule has 144 valence electrons. The summed E-state index contributed by atoms with van der Waals surface area (Å²) in [6.45, 7) is 0. The minimum Gasteiger partial charge on any atom is -0.481 e. The first kappa shape index (κ1) is 18.5. The molecule has 0 spiro atoms. The summed E-state index contributed by atoms with van der Waals surface area (Å²) in [6, 6.07) is 23.0. The number of H-pyrrole nitrogens is 1. The van der Waals surface area contributed by atoms with E-state index in [0.717, 1.165) is 38.9 Å². The molecule has 4 rings (SSSR count). The molecule has 1 aromatic heterocycles. The Hall–Kier alpha value is -3.86. The van der Waals surface area contributed by atoms with E-state index in [0.29, 0.717) is 12.0 Å². The maximum atomic E-state index is 11.5. The van der Waals surface area contributed by atoms with Crippen LogP contribution in [-0.4, -0.2) is 22.0 Å². The molecule has 0 bridgehead atoms. The van der Waals surface area contributed by atoms with Crippen LogP contribution in [0.5, 0.6) is 0 Å². The van der Waals surface area contributed by atoms with Crippen LogP contribution in [0.1, 0.15) is 27.2 Å². The number of hydrogen-bond acceptors (Lipinski definition) is 2. The molecular weight excluding hydrogens is 364 g/mol. The molecule has 0 aliphatic carbocycles. The second-order valence-corrected chi connectivity index (χ2v) is 7.02.